The number of fused-ring (bicyclic) bond motifs is 1. The Hall–Kier alpha value is -1.89. The molecular formula is C13H17ClN6O. The van der Waals surface area contributed by atoms with Gasteiger partial charge in [0, 0.05) is 38.7 Å². The van der Waals surface area contributed by atoms with E-state index in [1.54, 1.807) is 11.4 Å². The number of amides is 1. The first-order valence-corrected chi connectivity index (χ1v) is 7.32. The number of carbonyl (C=O) groups is 1. The fourth-order valence-electron chi connectivity index (χ4n) is 2.70. The van der Waals surface area contributed by atoms with Crippen molar-refractivity contribution in [2.75, 3.05) is 31.1 Å². The number of aromatic nitrogens is 4. The van der Waals surface area contributed by atoms with E-state index in [1.807, 2.05) is 11.8 Å². The molecule has 2 aromatic rings. The van der Waals surface area contributed by atoms with Crippen molar-refractivity contribution in [3.05, 3.63) is 17.0 Å². The van der Waals surface area contributed by atoms with Crippen molar-refractivity contribution in [3.8, 4) is 0 Å². The summed E-state index contributed by atoms with van der Waals surface area (Å²) in [5, 5.41) is 4.69. The van der Waals surface area contributed by atoms with E-state index in [4.69, 9.17) is 11.6 Å². The number of rotatable bonds is 1. The molecular weight excluding hydrogens is 292 g/mol. The molecule has 0 bridgehead atoms. The molecule has 1 aliphatic rings. The van der Waals surface area contributed by atoms with Gasteiger partial charge in [-0.25, -0.2) is 0 Å². The van der Waals surface area contributed by atoms with E-state index in [0.717, 1.165) is 37.4 Å². The summed E-state index contributed by atoms with van der Waals surface area (Å²) in [7, 11) is 0. The Balaban J connectivity index is 1.98. The monoisotopic (exact) mass is 308 g/mol. The maximum atomic E-state index is 11.5. The fraction of sp³-hybridized carbons (Fsp3) is 0.538. The van der Waals surface area contributed by atoms with E-state index in [9.17, 15) is 4.79 Å². The van der Waals surface area contributed by atoms with Gasteiger partial charge < -0.3 is 9.80 Å². The van der Waals surface area contributed by atoms with Gasteiger partial charge in [-0.05, 0) is 13.3 Å². The van der Waals surface area contributed by atoms with Gasteiger partial charge in [0.15, 0.2) is 0 Å². The quantitative estimate of drug-likeness (QED) is 0.739. The second-order valence-electron chi connectivity index (χ2n) is 5.17. The van der Waals surface area contributed by atoms with Crippen molar-refractivity contribution in [2.45, 2.75) is 20.3 Å². The predicted octanol–water partition coefficient (Wildman–Crippen LogP) is 1.14. The molecule has 1 saturated heterocycles. The number of hydrogen-bond acceptors (Lipinski definition) is 5. The lowest BCUT2D eigenvalue weighted by atomic mass is 10.3. The Labute approximate surface area is 127 Å². The number of carbonyl (C=O) groups excluding carboxylic acids is 1. The van der Waals surface area contributed by atoms with Crippen molar-refractivity contribution >= 4 is 29.1 Å². The average Bonchev–Trinajstić information content (AvgIpc) is 2.75. The lowest BCUT2D eigenvalue weighted by Crippen LogP contribution is -2.34. The lowest BCUT2D eigenvalue weighted by molar-refractivity contribution is -0.128. The molecule has 0 atom stereocenters. The summed E-state index contributed by atoms with van der Waals surface area (Å²) in [4.78, 5) is 23.9. The Morgan fingerprint density at radius 3 is 2.86 bits per heavy atom. The maximum Gasteiger partial charge on any atom is 0.255 e. The van der Waals surface area contributed by atoms with Gasteiger partial charge in [-0.3, -0.25) is 4.79 Å². The first kappa shape index (κ1) is 14.1. The molecule has 0 N–H and O–H groups in total. The summed E-state index contributed by atoms with van der Waals surface area (Å²) in [6.07, 6.45) is 2.39. The van der Waals surface area contributed by atoms with Crippen LogP contribution in [0, 0.1) is 6.92 Å². The van der Waals surface area contributed by atoms with Crippen LogP contribution >= 0.6 is 11.6 Å². The highest BCUT2D eigenvalue weighted by Gasteiger charge is 2.22. The topological polar surface area (TPSA) is 66.6 Å². The summed E-state index contributed by atoms with van der Waals surface area (Å²) in [5.41, 5.74) is 0.881. The average molecular weight is 309 g/mol. The molecule has 2 aromatic heterocycles. The zero-order valence-electron chi connectivity index (χ0n) is 12.1. The summed E-state index contributed by atoms with van der Waals surface area (Å²) in [6, 6.07) is 0. The second-order valence-corrected chi connectivity index (χ2v) is 5.53. The van der Waals surface area contributed by atoms with Gasteiger partial charge in [0.2, 0.25) is 5.91 Å². The SMILES string of the molecule is CC(=O)N1CCCN(c2c(C)c(Cl)nc3ncnn23)CC1. The molecule has 3 heterocycles. The third-order valence-electron chi connectivity index (χ3n) is 3.81. The van der Waals surface area contributed by atoms with Crippen LogP contribution in [0.2, 0.25) is 5.15 Å². The van der Waals surface area contributed by atoms with Crippen LogP contribution in [0.5, 0.6) is 0 Å². The standard InChI is InChI=1S/C13H17ClN6O/c1-9-11(14)17-13-15-8-16-20(13)12(9)19-5-3-4-18(6-7-19)10(2)21/h8H,3-7H2,1-2H3. The van der Waals surface area contributed by atoms with E-state index >= 15 is 0 Å². The molecule has 0 unspecified atom stereocenters. The zero-order valence-corrected chi connectivity index (χ0v) is 12.8. The fourth-order valence-corrected chi connectivity index (χ4v) is 2.86. The van der Waals surface area contributed by atoms with Crippen LogP contribution < -0.4 is 4.90 Å². The molecule has 0 aliphatic carbocycles. The molecule has 0 aromatic carbocycles. The summed E-state index contributed by atoms with van der Waals surface area (Å²) >= 11 is 6.21. The maximum absolute atomic E-state index is 11.5. The first-order chi connectivity index (χ1) is 10.1. The van der Waals surface area contributed by atoms with Gasteiger partial charge >= 0.3 is 0 Å². The summed E-state index contributed by atoms with van der Waals surface area (Å²) in [5.74, 6) is 1.52. The number of nitrogens with zero attached hydrogens (tertiary/aromatic N) is 6. The number of hydrogen-bond donors (Lipinski definition) is 0. The third-order valence-corrected chi connectivity index (χ3v) is 4.18. The van der Waals surface area contributed by atoms with Crippen LogP contribution in [-0.4, -0.2) is 56.6 Å². The molecule has 0 saturated carbocycles. The van der Waals surface area contributed by atoms with E-state index in [-0.39, 0.29) is 5.91 Å². The van der Waals surface area contributed by atoms with Crippen LogP contribution in [-0.2, 0) is 4.79 Å². The van der Waals surface area contributed by atoms with Gasteiger partial charge in [0.05, 0.1) is 0 Å². The van der Waals surface area contributed by atoms with Crippen LogP contribution in [0.1, 0.15) is 18.9 Å². The largest absolute Gasteiger partial charge is 0.354 e. The Bertz CT molecular complexity index is 685. The van der Waals surface area contributed by atoms with Gasteiger partial charge in [-0.1, -0.05) is 11.6 Å². The normalized spacial score (nSPS) is 16.3. The van der Waals surface area contributed by atoms with Crippen molar-refractivity contribution < 1.29 is 4.79 Å². The minimum atomic E-state index is 0.118. The van der Waals surface area contributed by atoms with Crippen LogP contribution in [0.15, 0.2) is 6.33 Å². The van der Waals surface area contributed by atoms with Crippen molar-refractivity contribution in [1.29, 1.82) is 0 Å². The van der Waals surface area contributed by atoms with Crippen LogP contribution in [0.3, 0.4) is 0 Å². The Morgan fingerprint density at radius 2 is 2.10 bits per heavy atom. The Morgan fingerprint density at radius 1 is 1.29 bits per heavy atom. The van der Waals surface area contributed by atoms with Crippen LogP contribution in [0.4, 0.5) is 5.82 Å². The van der Waals surface area contributed by atoms with Gasteiger partial charge in [-0.15, -0.1) is 0 Å². The second kappa shape index (κ2) is 5.48. The van der Waals surface area contributed by atoms with Gasteiger partial charge in [0.25, 0.3) is 5.78 Å². The van der Waals surface area contributed by atoms with Gasteiger partial charge in [-0.2, -0.15) is 19.6 Å². The molecule has 112 valence electrons. The zero-order chi connectivity index (χ0) is 15.0. The lowest BCUT2D eigenvalue weighted by Gasteiger charge is -2.25. The van der Waals surface area contributed by atoms with Crippen molar-refractivity contribution in [2.24, 2.45) is 0 Å². The highest BCUT2D eigenvalue weighted by molar-refractivity contribution is 6.30. The molecule has 0 spiro atoms. The summed E-state index contributed by atoms with van der Waals surface area (Å²) < 4.78 is 1.71. The smallest absolute Gasteiger partial charge is 0.255 e. The number of anilines is 1. The van der Waals surface area contributed by atoms with E-state index < -0.39 is 0 Å². The highest BCUT2D eigenvalue weighted by Crippen LogP contribution is 2.26. The molecule has 3 rings (SSSR count). The van der Waals surface area contributed by atoms with E-state index in [2.05, 4.69) is 20.0 Å². The van der Waals surface area contributed by atoms with E-state index in [1.165, 1.54) is 6.33 Å². The van der Waals surface area contributed by atoms with Crippen molar-refractivity contribution in [3.63, 3.8) is 0 Å². The molecule has 1 aliphatic heterocycles. The Kier molecular flexibility index (Phi) is 3.67. The summed E-state index contributed by atoms with van der Waals surface area (Å²) in [6.45, 7) is 6.62. The molecule has 8 heteroatoms. The molecule has 1 fully saturated rings. The highest BCUT2D eigenvalue weighted by atomic mass is 35.5. The van der Waals surface area contributed by atoms with Crippen molar-refractivity contribution in [1.82, 2.24) is 24.5 Å². The van der Waals surface area contributed by atoms with Gasteiger partial charge in [0.1, 0.15) is 17.3 Å². The molecule has 0 radical (unpaired) electrons. The molecule has 1 amide bonds. The predicted molar refractivity (Wildman–Crippen MR) is 79.6 cm³/mol. The first-order valence-electron chi connectivity index (χ1n) is 6.94. The molecule has 7 nitrogen and oxygen atoms in total. The van der Waals surface area contributed by atoms with E-state index in [0.29, 0.717) is 17.5 Å². The molecule has 21 heavy (non-hydrogen) atoms. The minimum Gasteiger partial charge on any atom is -0.354 e. The number of halogens is 1. The van der Waals surface area contributed by atoms with Crippen LogP contribution in [0.25, 0.3) is 5.78 Å². The minimum absolute atomic E-state index is 0.118. The third kappa shape index (κ3) is 2.53.